The number of halogens is 2. The summed E-state index contributed by atoms with van der Waals surface area (Å²) in [5, 5.41) is 1.12. The van der Waals surface area contributed by atoms with E-state index in [-0.39, 0.29) is 29.9 Å². The SMILES string of the molecule is O=C(CN1C(=O)c2ccc(C(=O)OCc3ccc(Cl)cc3)cc2C1=O)OCc1ccc(Cl)cc1. The van der Waals surface area contributed by atoms with Crippen LogP contribution in [0.3, 0.4) is 0 Å². The van der Waals surface area contributed by atoms with Crippen molar-refractivity contribution in [3.8, 4) is 0 Å². The van der Waals surface area contributed by atoms with E-state index in [0.717, 1.165) is 10.5 Å². The van der Waals surface area contributed by atoms with Crippen LogP contribution in [-0.4, -0.2) is 35.2 Å². The van der Waals surface area contributed by atoms with Crippen molar-refractivity contribution in [3.05, 3.63) is 105 Å². The number of hydrogen-bond acceptors (Lipinski definition) is 6. The van der Waals surface area contributed by atoms with Crippen molar-refractivity contribution in [2.24, 2.45) is 0 Å². The summed E-state index contributed by atoms with van der Waals surface area (Å²) in [5.41, 5.74) is 1.69. The molecule has 0 aliphatic carbocycles. The van der Waals surface area contributed by atoms with Crippen molar-refractivity contribution in [1.82, 2.24) is 4.90 Å². The zero-order valence-electron chi connectivity index (χ0n) is 17.6. The molecule has 0 unspecified atom stereocenters. The van der Waals surface area contributed by atoms with Gasteiger partial charge in [-0.1, -0.05) is 47.5 Å². The highest BCUT2D eigenvalue weighted by Gasteiger charge is 2.37. The van der Waals surface area contributed by atoms with Crippen LogP contribution in [0.5, 0.6) is 0 Å². The van der Waals surface area contributed by atoms with Gasteiger partial charge in [0.15, 0.2) is 0 Å². The predicted molar refractivity (Wildman–Crippen MR) is 124 cm³/mol. The number of carbonyl (C=O) groups excluding carboxylic acids is 4. The molecule has 0 fully saturated rings. The van der Waals surface area contributed by atoms with Crippen LogP contribution in [0.1, 0.15) is 42.2 Å². The largest absolute Gasteiger partial charge is 0.459 e. The molecule has 0 spiro atoms. The topological polar surface area (TPSA) is 90.0 Å². The molecule has 0 bridgehead atoms. The van der Waals surface area contributed by atoms with Gasteiger partial charge in [0.25, 0.3) is 11.8 Å². The molecule has 0 saturated carbocycles. The Kier molecular flexibility index (Phi) is 6.95. The fourth-order valence-electron chi connectivity index (χ4n) is 3.29. The van der Waals surface area contributed by atoms with E-state index >= 15 is 0 Å². The van der Waals surface area contributed by atoms with Gasteiger partial charge in [-0.15, -0.1) is 0 Å². The lowest BCUT2D eigenvalue weighted by Crippen LogP contribution is -2.35. The molecular weight excluding hydrogens is 481 g/mol. The molecule has 7 nitrogen and oxygen atoms in total. The minimum Gasteiger partial charge on any atom is -0.459 e. The van der Waals surface area contributed by atoms with Gasteiger partial charge in [-0.2, -0.15) is 0 Å². The minimum absolute atomic E-state index is 0.0194. The van der Waals surface area contributed by atoms with Crippen LogP contribution in [-0.2, 0) is 27.5 Å². The molecule has 0 radical (unpaired) electrons. The molecule has 172 valence electrons. The van der Waals surface area contributed by atoms with Crippen molar-refractivity contribution in [2.75, 3.05) is 6.54 Å². The first-order chi connectivity index (χ1) is 16.3. The highest BCUT2D eigenvalue weighted by Crippen LogP contribution is 2.25. The van der Waals surface area contributed by atoms with Gasteiger partial charge in [0.05, 0.1) is 16.7 Å². The van der Waals surface area contributed by atoms with Gasteiger partial charge < -0.3 is 9.47 Å². The fourth-order valence-corrected chi connectivity index (χ4v) is 3.55. The summed E-state index contributed by atoms with van der Waals surface area (Å²) >= 11 is 11.7. The van der Waals surface area contributed by atoms with Gasteiger partial charge in [0.2, 0.25) is 0 Å². The molecule has 0 aromatic heterocycles. The second kappa shape index (κ2) is 10.1. The smallest absolute Gasteiger partial charge is 0.338 e. The Morgan fingerprint density at radius 2 is 1.24 bits per heavy atom. The van der Waals surface area contributed by atoms with Gasteiger partial charge in [-0.25, -0.2) is 4.79 Å². The summed E-state index contributed by atoms with van der Waals surface area (Å²) in [5.74, 6) is -2.72. The lowest BCUT2D eigenvalue weighted by molar-refractivity contribution is -0.145. The predicted octanol–water partition coefficient (Wildman–Crippen LogP) is 4.69. The zero-order valence-corrected chi connectivity index (χ0v) is 19.1. The normalized spacial score (nSPS) is 12.5. The standard InChI is InChI=1S/C25H17Cl2NO6/c26-18-6-1-15(2-7-18)13-33-22(29)12-28-23(30)20-10-5-17(11-21(20)24(28)31)25(32)34-14-16-3-8-19(27)9-4-16/h1-11H,12-14H2. The summed E-state index contributed by atoms with van der Waals surface area (Å²) in [6, 6.07) is 17.6. The molecule has 2 amide bonds. The Hall–Kier alpha value is -3.68. The fraction of sp³-hybridized carbons (Fsp3) is 0.120. The third-order valence-electron chi connectivity index (χ3n) is 5.09. The number of hydrogen-bond donors (Lipinski definition) is 0. The number of imide groups is 1. The second-order valence-corrected chi connectivity index (χ2v) is 8.32. The molecular formula is C25H17Cl2NO6. The van der Waals surface area contributed by atoms with Crippen LogP contribution < -0.4 is 0 Å². The van der Waals surface area contributed by atoms with E-state index in [1.54, 1.807) is 48.5 Å². The maximum atomic E-state index is 12.8. The Labute approximate surface area is 204 Å². The van der Waals surface area contributed by atoms with E-state index in [4.69, 9.17) is 32.7 Å². The van der Waals surface area contributed by atoms with Crippen LogP contribution in [0.2, 0.25) is 10.0 Å². The highest BCUT2D eigenvalue weighted by atomic mass is 35.5. The molecule has 0 atom stereocenters. The molecule has 0 N–H and O–H groups in total. The van der Waals surface area contributed by atoms with Crippen molar-refractivity contribution in [2.45, 2.75) is 13.2 Å². The molecule has 1 heterocycles. The van der Waals surface area contributed by atoms with E-state index in [9.17, 15) is 19.2 Å². The van der Waals surface area contributed by atoms with E-state index in [1.807, 2.05) is 0 Å². The Bertz CT molecular complexity index is 1270. The van der Waals surface area contributed by atoms with E-state index in [1.165, 1.54) is 18.2 Å². The zero-order chi connectivity index (χ0) is 24.2. The maximum Gasteiger partial charge on any atom is 0.338 e. The number of fused-ring (bicyclic) bond motifs is 1. The van der Waals surface area contributed by atoms with E-state index in [2.05, 4.69) is 0 Å². The summed E-state index contributed by atoms with van der Waals surface area (Å²) in [6.45, 7) is -0.551. The number of ether oxygens (including phenoxy) is 2. The molecule has 9 heteroatoms. The average molecular weight is 498 g/mol. The van der Waals surface area contributed by atoms with Crippen LogP contribution in [0.25, 0.3) is 0 Å². The van der Waals surface area contributed by atoms with Gasteiger partial charge in [-0.05, 0) is 53.6 Å². The third kappa shape index (κ3) is 5.27. The average Bonchev–Trinajstić information content (AvgIpc) is 3.07. The lowest BCUT2D eigenvalue weighted by Gasteiger charge is -2.13. The first-order valence-corrected chi connectivity index (χ1v) is 10.9. The third-order valence-corrected chi connectivity index (χ3v) is 5.59. The number of nitrogens with zero attached hydrogens (tertiary/aromatic N) is 1. The van der Waals surface area contributed by atoms with E-state index in [0.29, 0.717) is 15.6 Å². The van der Waals surface area contributed by atoms with E-state index < -0.39 is 30.3 Å². The first kappa shape index (κ1) is 23.5. The van der Waals surface area contributed by atoms with Crippen molar-refractivity contribution in [1.29, 1.82) is 0 Å². The Morgan fingerprint density at radius 1 is 0.706 bits per heavy atom. The Morgan fingerprint density at radius 3 is 1.82 bits per heavy atom. The number of amides is 2. The Balaban J connectivity index is 1.38. The monoisotopic (exact) mass is 497 g/mol. The number of esters is 2. The van der Waals surface area contributed by atoms with Crippen LogP contribution >= 0.6 is 23.2 Å². The van der Waals surface area contributed by atoms with Gasteiger partial charge >= 0.3 is 11.9 Å². The lowest BCUT2D eigenvalue weighted by atomic mass is 10.1. The number of rotatable bonds is 7. The number of carbonyl (C=O) groups is 4. The molecule has 4 rings (SSSR count). The first-order valence-electron chi connectivity index (χ1n) is 10.1. The molecule has 0 saturated heterocycles. The van der Waals surface area contributed by atoms with Crippen molar-refractivity contribution >= 4 is 47.0 Å². The summed E-state index contributed by atoms with van der Waals surface area (Å²) in [7, 11) is 0. The quantitative estimate of drug-likeness (QED) is 0.347. The minimum atomic E-state index is -0.743. The molecule has 34 heavy (non-hydrogen) atoms. The number of benzene rings is 3. The maximum absolute atomic E-state index is 12.8. The van der Waals surface area contributed by atoms with Crippen LogP contribution in [0.4, 0.5) is 0 Å². The van der Waals surface area contributed by atoms with Gasteiger partial charge in [0.1, 0.15) is 19.8 Å². The van der Waals surface area contributed by atoms with Crippen LogP contribution in [0, 0.1) is 0 Å². The second-order valence-electron chi connectivity index (χ2n) is 7.45. The summed E-state index contributed by atoms with van der Waals surface area (Å²) in [6.07, 6.45) is 0. The summed E-state index contributed by atoms with van der Waals surface area (Å²) in [4.78, 5) is 50.8. The molecule has 1 aliphatic heterocycles. The highest BCUT2D eigenvalue weighted by molar-refractivity contribution is 6.30. The van der Waals surface area contributed by atoms with Crippen molar-refractivity contribution in [3.63, 3.8) is 0 Å². The molecule has 3 aromatic rings. The summed E-state index contributed by atoms with van der Waals surface area (Å²) < 4.78 is 10.4. The molecule has 3 aromatic carbocycles. The molecule has 1 aliphatic rings. The van der Waals surface area contributed by atoms with Gasteiger partial charge in [-0.3, -0.25) is 19.3 Å². The van der Waals surface area contributed by atoms with Crippen LogP contribution in [0.15, 0.2) is 66.7 Å². The van der Waals surface area contributed by atoms with Crippen molar-refractivity contribution < 1.29 is 28.7 Å². The van der Waals surface area contributed by atoms with Gasteiger partial charge in [0, 0.05) is 10.0 Å².